The van der Waals surface area contributed by atoms with E-state index in [1.54, 1.807) is 12.1 Å². The van der Waals surface area contributed by atoms with Crippen LogP contribution in [0.25, 0.3) is 0 Å². The van der Waals surface area contributed by atoms with E-state index in [4.69, 9.17) is 4.74 Å². The molecule has 30 heavy (non-hydrogen) atoms. The van der Waals surface area contributed by atoms with Crippen molar-refractivity contribution < 1.29 is 28.4 Å². The summed E-state index contributed by atoms with van der Waals surface area (Å²) in [4.78, 5) is 48.1. The Kier molecular flexibility index (Phi) is 6.05. The number of hydrogen-bond donors (Lipinski definition) is 1. The zero-order valence-electron chi connectivity index (χ0n) is 16.0. The van der Waals surface area contributed by atoms with Crippen LogP contribution in [0, 0.1) is 28.8 Å². The Hall–Kier alpha value is -3.82. The van der Waals surface area contributed by atoms with Gasteiger partial charge in [-0.2, -0.15) is 0 Å². The topological polar surface area (TPSA) is 119 Å². The van der Waals surface area contributed by atoms with Crippen molar-refractivity contribution in [1.82, 2.24) is 0 Å². The summed E-state index contributed by atoms with van der Waals surface area (Å²) >= 11 is 0. The van der Waals surface area contributed by atoms with E-state index >= 15 is 0 Å². The second kappa shape index (κ2) is 8.68. The van der Waals surface area contributed by atoms with Crippen LogP contribution in [0.5, 0.6) is 0 Å². The lowest BCUT2D eigenvalue weighted by Gasteiger charge is -2.16. The Morgan fingerprint density at radius 3 is 2.63 bits per heavy atom. The molecular weight excluding hydrogens is 397 g/mol. The molecule has 1 heterocycles. The van der Waals surface area contributed by atoms with Crippen molar-refractivity contribution in [3.05, 3.63) is 64.0 Å². The second-order valence-electron chi connectivity index (χ2n) is 6.82. The normalized spacial score (nSPS) is 15.7. The number of halogens is 1. The second-order valence-corrected chi connectivity index (χ2v) is 6.82. The number of amides is 2. The maximum atomic E-state index is 13.2. The van der Waals surface area contributed by atoms with Crippen LogP contribution in [0.3, 0.4) is 0 Å². The maximum absolute atomic E-state index is 13.2. The number of nitro groups is 1. The summed E-state index contributed by atoms with van der Waals surface area (Å²) in [6, 6.07) is 9.95. The smallest absolute Gasteiger partial charge is 0.311 e. The molecule has 0 radical (unpaired) electrons. The van der Waals surface area contributed by atoms with Gasteiger partial charge in [-0.15, -0.1) is 0 Å². The molecule has 3 rings (SSSR count). The maximum Gasteiger partial charge on any atom is 0.311 e. The molecule has 2 amide bonds. The number of hydrogen-bond acceptors (Lipinski definition) is 6. The predicted octanol–water partition coefficient (Wildman–Crippen LogP) is 2.58. The fourth-order valence-corrected chi connectivity index (χ4v) is 3.04. The molecule has 156 valence electrons. The van der Waals surface area contributed by atoms with Crippen molar-refractivity contribution in [2.24, 2.45) is 5.92 Å². The molecule has 1 aliphatic rings. The third-order valence-corrected chi connectivity index (χ3v) is 4.58. The lowest BCUT2D eigenvalue weighted by molar-refractivity contribution is -0.384. The van der Waals surface area contributed by atoms with Crippen molar-refractivity contribution in [3.8, 4) is 0 Å². The number of rotatable bonds is 6. The first-order valence-electron chi connectivity index (χ1n) is 9.02. The van der Waals surface area contributed by atoms with Crippen LogP contribution in [0.4, 0.5) is 21.5 Å². The summed E-state index contributed by atoms with van der Waals surface area (Å²) in [7, 11) is 0. The largest absolute Gasteiger partial charge is 0.455 e. The first kappa shape index (κ1) is 20.9. The number of carbonyl (C=O) groups is 3. The molecule has 0 spiro atoms. The number of nitrogens with zero attached hydrogens (tertiary/aromatic N) is 2. The molecule has 1 N–H and O–H groups in total. The van der Waals surface area contributed by atoms with Gasteiger partial charge in [0.25, 0.3) is 11.6 Å². The van der Waals surface area contributed by atoms with Gasteiger partial charge in [-0.3, -0.25) is 24.5 Å². The average molecular weight is 415 g/mol. The number of ether oxygens (including phenoxy) is 1. The van der Waals surface area contributed by atoms with E-state index in [1.807, 2.05) is 19.1 Å². The predicted molar refractivity (Wildman–Crippen MR) is 104 cm³/mol. The van der Waals surface area contributed by atoms with E-state index in [0.29, 0.717) is 11.8 Å². The molecule has 9 nitrogen and oxygen atoms in total. The molecule has 0 bridgehead atoms. The van der Waals surface area contributed by atoms with E-state index < -0.39 is 40.8 Å². The number of nitro benzene ring substituents is 1. The summed E-state index contributed by atoms with van der Waals surface area (Å²) < 4.78 is 18.1. The first-order valence-corrected chi connectivity index (χ1v) is 9.02. The minimum absolute atomic E-state index is 0.0439. The third kappa shape index (κ3) is 4.77. The van der Waals surface area contributed by atoms with E-state index in [-0.39, 0.29) is 24.6 Å². The molecule has 1 atom stereocenters. The fourth-order valence-electron chi connectivity index (χ4n) is 3.04. The van der Waals surface area contributed by atoms with Crippen molar-refractivity contribution >= 4 is 34.8 Å². The number of esters is 1. The van der Waals surface area contributed by atoms with Crippen LogP contribution >= 0.6 is 0 Å². The molecule has 1 fully saturated rings. The summed E-state index contributed by atoms with van der Waals surface area (Å²) in [6.07, 6.45) is -0.0439. The van der Waals surface area contributed by atoms with E-state index in [9.17, 15) is 28.9 Å². The van der Waals surface area contributed by atoms with Gasteiger partial charge in [-0.05, 0) is 31.2 Å². The molecule has 0 saturated carbocycles. The van der Waals surface area contributed by atoms with Crippen molar-refractivity contribution in [2.45, 2.75) is 13.3 Å². The summed E-state index contributed by atoms with van der Waals surface area (Å²) in [6.45, 7) is 1.36. The van der Waals surface area contributed by atoms with Crippen LogP contribution in [0.15, 0.2) is 42.5 Å². The van der Waals surface area contributed by atoms with Crippen LogP contribution < -0.4 is 10.2 Å². The van der Waals surface area contributed by atoms with Crippen LogP contribution in [-0.4, -0.2) is 35.9 Å². The fraction of sp³-hybridized carbons (Fsp3) is 0.250. The monoisotopic (exact) mass is 415 g/mol. The van der Waals surface area contributed by atoms with Gasteiger partial charge in [0.1, 0.15) is 11.5 Å². The molecule has 0 aromatic heterocycles. The average Bonchev–Trinajstić information content (AvgIpc) is 3.09. The number of benzene rings is 2. The van der Waals surface area contributed by atoms with Gasteiger partial charge in [0, 0.05) is 18.7 Å². The third-order valence-electron chi connectivity index (χ3n) is 4.58. The van der Waals surface area contributed by atoms with Gasteiger partial charge < -0.3 is 15.0 Å². The molecule has 0 aliphatic carbocycles. The SMILES string of the molecule is Cc1ccc(N2CC(C(=O)OCC(=O)Nc3ccc(F)cc3[N+](=O)[O-])CC2=O)cc1. The highest BCUT2D eigenvalue weighted by molar-refractivity contribution is 6.00. The molecule has 2 aromatic carbocycles. The quantitative estimate of drug-likeness (QED) is 0.440. The zero-order valence-corrected chi connectivity index (χ0v) is 16.0. The Balaban J connectivity index is 1.56. The molecular formula is C20H18FN3O6. The standard InChI is InChI=1S/C20H18FN3O6/c1-12-2-5-15(6-3-12)23-10-13(8-19(23)26)20(27)30-11-18(25)22-16-7-4-14(21)9-17(16)24(28)29/h2-7,9,13H,8,10-11H2,1H3,(H,22,25). The van der Waals surface area contributed by atoms with Crippen molar-refractivity contribution in [2.75, 3.05) is 23.4 Å². The minimum Gasteiger partial charge on any atom is -0.455 e. The highest BCUT2D eigenvalue weighted by Gasteiger charge is 2.36. The summed E-state index contributed by atoms with van der Waals surface area (Å²) in [5, 5.41) is 13.2. The summed E-state index contributed by atoms with van der Waals surface area (Å²) in [5.74, 6) is -3.33. The van der Waals surface area contributed by atoms with Gasteiger partial charge in [0.2, 0.25) is 5.91 Å². The Labute approximate surface area is 170 Å². The molecule has 10 heteroatoms. The van der Waals surface area contributed by atoms with Gasteiger partial charge in [-0.1, -0.05) is 17.7 Å². The molecule has 1 unspecified atom stereocenters. The number of carbonyl (C=O) groups excluding carboxylic acids is 3. The zero-order chi connectivity index (χ0) is 21.8. The Morgan fingerprint density at radius 1 is 1.27 bits per heavy atom. The van der Waals surface area contributed by atoms with Gasteiger partial charge in [0.05, 0.1) is 16.9 Å². The van der Waals surface area contributed by atoms with E-state index in [1.165, 1.54) is 4.90 Å². The molecule has 1 aliphatic heterocycles. The Bertz CT molecular complexity index is 1010. The molecule has 2 aromatic rings. The molecule has 1 saturated heterocycles. The van der Waals surface area contributed by atoms with Crippen LogP contribution in [-0.2, 0) is 19.1 Å². The van der Waals surface area contributed by atoms with Gasteiger partial charge in [-0.25, -0.2) is 4.39 Å². The lowest BCUT2D eigenvalue weighted by Crippen LogP contribution is -2.28. The Morgan fingerprint density at radius 2 is 1.97 bits per heavy atom. The van der Waals surface area contributed by atoms with Gasteiger partial charge >= 0.3 is 5.97 Å². The minimum atomic E-state index is -0.839. The van der Waals surface area contributed by atoms with Crippen molar-refractivity contribution in [1.29, 1.82) is 0 Å². The van der Waals surface area contributed by atoms with Crippen LogP contribution in [0.1, 0.15) is 12.0 Å². The number of aryl methyl sites for hydroxylation is 1. The number of anilines is 2. The van der Waals surface area contributed by atoms with E-state index in [0.717, 1.165) is 17.7 Å². The number of nitrogens with one attached hydrogen (secondary N) is 1. The van der Waals surface area contributed by atoms with Crippen molar-refractivity contribution in [3.63, 3.8) is 0 Å². The van der Waals surface area contributed by atoms with E-state index in [2.05, 4.69) is 5.32 Å². The van der Waals surface area contributed by atoms with Gasteiger partial charge in [0.15, 0.2) is 6.61 Å². The summed E-state index contributed by atoms with van der Waals surface area (Å²) in [5.41, 5.74) is 0.866. The highest BCUT2D eigenvalue weighted by atomic mass is 19.1. The highest BCUT2D eigenvalue weighted by Crippen LogP contribution is 2.27. The van der Waals surface area contributed by atoms with Crippen LogP contribution in [0.2, 0.25) is 0 Å². The lowest BCUT2D eigenvalue weighted by atomic mass is 10.1. The first-order chi connectivity index (χ1) is 14.2.